The Morgan fingerprint density at radius 2 is 1.68 bits per heavy atom. The molecule has 0 aliphatic heterocycles. The van der Waals surface area contributed by atoms with E-state index in [1.165, 1.54) is 16.3 Å². The number of para-hydroxylation sites is 1. The molecule has 1 N–H and O–H groups in total. The van der Waals surface area contributed by atoms with Crippen LogP contribution in [0.1, 0.15) is 11.1 Å². The first-order chi connectivity index (χ1) is 16.6. The molecular formula is C29H20ClN3O. The third-order valence-electron chi connectivity index (χ3n) is 5.79. The third-order valence-corrected chi connectivity index (χ3v) is 6.02. The lowest BCUT2D eigenvalue weighted by atomic mass is 10.0. The fraction of sp³-hybridized carbons (Fsp3) is 0.0345. The predicted molar refractivity (Wildman–Crippen MR) is 139 cm³/mol. The molecule has 0 radical (unpaired) electrons. The van der Waals surface area contributed by atoms with Crippen LogP contribution in [0.25, 0.3) is 27.8 Å². The molecule has 5 heteroatoms. The molecule has 164 valence electrons. The maximum absolute atomic E-state index is 12.8. The summed E-state index contributed by atoms with van der Waals surface area (Å²) < 4.78 is 2.16. The van der Waals surface area contributed by atoms with E-state index in [1.54, 1.807) is 30.3 Å². The second-order valence-electron chi connectivity index (χ2n) is 8.00. The van der Waals surface area contributed by atoms with Crippen molar-refractivity contribution in [1.82, 2.24) is 4.57 Å². The van der Waals surface area contributed by atoms with E-state index in [0.29, 0.717) is 17.3 Å². The molecule has 0 saturated carbocycles. The van der Waals surface area contributed by atoms with Gasteiger partial charge in [0, 0.05) is 39.9 Å². The van der Waals surface area contributed by atoms with E-state index in [-0.39, 0.29) is 5.57 Å². The molecule has 0 aliphatic carbocycles. The lowest BCUT2D eigenvalue weighted by molar-refractivity contribution is -0.112. The molecule has 1 amide bonds. The Bertz CT molecular complexity index is 1600. The summed E-state index contributed by atoms with van der Waals surface area (Å²) in [5, 5.41) is 16.3. The number of nitriles is 1. The van der Waals surface area contributed by atoms with Gasteiger partial charge in [-0.1, -0.05) is 78.3 Å². The number of nitrogens with zero attached hydrogens (tertiary/aromatic N) is 2. The molecule has 0 atom stereocenters. The van der Waals surface area contributed by atoms with E-state index in [0.717, 1.165) is 16.5 Å². The zero-order chi connectivity index (χ0) is 23.5. The number of hydrogen-bond acceptors (Lipinski definition) is 2. The molecule has 4 nitrogen and oxygen atoms in total. The van der Waals surface area contributed by atoms with E-state index in [1.807, 2.05) is 42.6 Å². The maximum atomic E-state index is 12.8. The van der Waals surface area contributed by atoms with Crippen LogP contribution < -0.4 is 5.32 Å². The Labute approximate surface area is 202 Å². The Kier molecular flexibility index (Phi) is 5.86. The van der Waals surface area contributed by atoms with E-state index < -0.39 is 5.91 Å². The van der Waals surface area contributed by atoms with Crippen molar-refractivity contribution in [2.45, 2.75) is 6.54 Å². The summed E-state index contributed by atoms with van der Waals surface area (Å²) in [6, 6.07) is 31.5. The molecule has 0 spiro atoms. The topological polar surface area (TPSA) is 57.8 Å². The first-order valence-electron chi connectivity index (χ1n) is 10.9. The van der Waals surface area contributed by atoms with Crippen molar-refractivity contribution in [3.63, 3.8) is 0 Å². The summed E-state index contributed by atoms with van der Waals surface area (Å²) >= 11 is 6.01. The Balaban J connectivity index is 1.52. The van der Waals surface area contributed by atoms with Gasteiger partial charge in [0.1, 0.15) is 11.6 Å². The lowest BCUT2D eigenvalue weighted by Crippen LogP contribution is -2.13. The van der Waals surface area contributed by atoms with Crippen LogP contribution in [0.2, 0.25) is 5.02 Å². The number of anilines is 1. The van der Waals surface area contributed by atoms with Gasteiger partial charge in [-0.3, -0.25) is 4.79 Å². The Hall–Kier alpha value is -4.33. The first-order valence-corrected chi connectivity index (χ1v) is 11.2. The number of rotatable bonds is 5. The van der Waals surface area contributed by atoms with Gasteiger partial charge in [-0.15, -0.1) is 0 Å². The van der Waals surface area contributed by atoms with Gasteiger partial charge in [-0.25, -0.2) is 0 Å². The molecule has 34 heavy (non-hydrogen) atoms. The van der Waals surface area contributed by atoms with E-state index in [4.69, 9.17) is 11.6 Å². The highest BCUT2D eigenvalue weighted by molar-refractivity contribution is 6.31. The maximum Gasteiger partial charge on any atom is 0.266 e. The quantitative estimate of drug-likeness (QED) is 0.225. The van der Waals surface area contributed by atoms with Crippen LogP contribution in [0.3, 0.4) is 0 Å². The van der Waals surface area contributed by atoms with Gasteiger partial charge in [0.2, 0.25) is 0 Å². The summed E-state index contributed by atoms with van der Waals surface area (Å²) in [5.41, 5.74) is 3.61. The standard InChI is InChI=1S/C29H20ClN3O/c30-24-10-6-11-25(16-24)32-29(34)22(17-31)15-23-19-33(28-14-4-3-13-27(23)28)18-21-9-5-8-20-7-1-2-12-26(20)21/h1-16,19H,18H2,(H,32,34)/b22-15+. The predicted octanol–water partition coefficient (Wildman–Crippen LogP) is 7.04. The van der Waals surface area contributed by atoms with Crippen LogP contribution in [0.15, 0.2) is 103 Å². The number of nitrogens with one attached hydrogen (secondary N) is 1. The minimum absolute atomic E-state index is 0.0213. The normalized spacial score (nSPS) is 11.5. The van der Waals surface area contributed by atoms with Crippen LogP contribution in [0, 0.1) is 11.3 Å². The van der Waals surface area contributed by atoms with Crippen LogP contribution in [-0.2, 0) is 11.3 Å². The summed E-state index contributed by atoms with van der Waals surface area (Å²) in [6.45, 7) is 0.673. The fourth-order valence-corrected chi connectivity index (χ4v) is 4.39. The number of carbonyl (C=O) groups excluding carboxylic acids is 1. The second-order valence-corrected chi connectivity index (χ2v) is 8.44. The molecule has 0 unspecified atom stereocenters. The molecule has 5 rings (SSSR count). The molecule has 1 heterocycles. The largest absolute Gasteiger partial charge is 0.342 e. The highest BCUT2D eigenvalue weighted by Gasteiger charge is 2.14. The highest BCUT2D eigenvalue weighted by atomic mass is 35.5. The van der Waals surface area contributed by atoms with Gasteiger partial charge in [0.25, 0.3) is 5.91 Å². The van der Waals surface area contributed by atoms with Crippen molar-refractivity contribution in [3.05, 3.63) is 119 Å². The number of aromatic nitrogens is 1. The smallest absolute Gasteiger partial charge is 0.266 e. The monoisotopic (exact) mass is 461 g/mol. The fourth-order valence-electron chi connectivity index (χ4n) is 4.20. The number of amides is 1. The van der Waals surface area contributed by atoms with E-state index >= 15 is 0 Å². The average molecular weight is 462 g/mol. The molecule has 5 aromatic rings. The van der Waals surface area contributed by atoms with Crippen LogP contribution in [0.4, 0.5) is 5.69 Å². The Morgan fingerprint density at radius 3 is 2.50 bits per heavy atom. The van der Waals surface area contributed by atoms with Crippen LogP contribution >= 0.6 is 11.6 Å². The SMILES string of the molecule is N#C/C(=C\c1cn(Cc2cccc3ccccc23)c2ccccc12)C(=O)Nc1cccc(Cl)c1. The lowest BCUT2D eigenvalue weighted by Gasteiger charge is -2.09. The molecule has 0 aliphatic rings. The summed E-state index contributed by atoms with van der Waals surface area (Å²) in [7, 11) is 0. The number of halogens is 1. The van der Waals surface area contributed by atoms with Gasteiger partial charge < -0.3 is 9.88 Å². The van der Waals surface area contributed by atoms with Crippen molar-refractivity contribution in [1.29, 1.82) is 5.26 Å². The van der Waals surface area contributed by atoms with Crippen molar-refractivity contribution < 1.29 is 4.79 Å². The first kappa shape index (κ1) is 21.5. The molecule has 0 bridgehead atoms. The van der Waals surface area contributed by atoms with Crippen LogP contribution in [0.5, 0.6) is 0 Å². The molecule has 0 fully saturated rings. The van der Waals surface area contributed by atoms with Gasteiger partial charge in [0.15, 0.2) is 0 Å². The third kappa shape index (κ3) is 4.30. The van der Waals surface area contributed by atoms with E-state index in [2.05, 4.69) is 46.3 Å². The minimum atomic E-state index is -0.476. The minimum Gasteiger partial charge on any atom is -0.342 e. The van der Waals surface area contributed by atoms with Crippen LogP contribution in [-0.4, -0.2) is 10.5 Å². The van der Waals surface area contributed by atoms with Crippen molar-refractivity contribution in [3.8, 4) is 6.07 Å². The summed E-state index contributed by atoms with van der Waals surface area (Å²) in [5.74, 6) is -0.476. The average Bonchev–Trinajstić information content (AvgIpc) is 3.20. The molecule has 0 saturated heterocycles. The molecule has 4 aromatic carbocycles. The number of benzene rings is 4. The number of fused-ring (bicyclic) bond motifs is 2. The Morgan fingerprint density at radius 1 is 0.941 bits per heavy atom. The molecule has 1 aromatic heterocycles. The van der Waals surface area contributed by atoms with Crippen molar-refractivity contribution >= 4 is 50.9 Å². The summed E-state index contributed by atoms with van der Waals surface area (Å²) in [6.07, 6.45) is 3.64. The highest BCUT2D eigenvalue weighted by Crippen LogP contribution is 2.27. The van der Waals surface area contributed by atoms with E-state index in [9.17, 15) is 10.1 Å². The zero-order valence-electron chi connectivity index (χ0n) is 18.2. The van der Waals surface area contributed by atoms with Gasteiger partial charge in [-0.2, -0.15) is 5.26 Å². The van der Waals surface area contributed by atoms with Gasteiger partial charge in [-0.05, 0) is 46.7 Å². The zero-order valence-corrected chi connectivity index (χ0v) is 19.0. The van der Waals surface area contributed by atoms with Gasteiger partial charge in [0.05, 0.1) is 0 Å². The van der Waals surface area contributed by atoms with Crippen molar-refractivity contribution in [2.24, 2.45) is 0 Å². The number of carbonyl (C=O) groups is 1. The number of hydrogen-bond donors (Lipinski definition) is 1. The summed E-state index contributed by atoms with van der Waals surface area (Å²) in [4.78, 5) is 12.8. The van der Waals surface area contributed by atoms with Crippen molar-refractivity contribution in [2.75, 3.05) is 5.32 Å². The van der Waals surface area contributed by atoms with Gasteiger partial charge >= 0.3 is 0 Å². The second kappa shape index (κ2) is 9.27. The molecular weight excluding hydrogens is 442 g/mol.